The zero-order chi connectivity index (χ0) is 19.2. The zero-order valence-electron chi connectivity index (χ0n) is 17.8. The van der Waals surface area contributed by atoms with E-state index in [1.54, 1.807) is 0 Å². The molecule has 3 saturated carbocycles. The van der Waals surface area contributed by atoms with E-state index in [0.29, 0.717) is 35.2 Å². The molecule has 4 aliphatic carbocycles. The van der Waals surface area contributed by atoms with Crippen LogP contribution in [0.3, 0.4) is 0 Å². The van der Waals surface area contributed by atoms with Crippen LogP contribution in [0.5, 0.6) is 0 Å². The first kappa shape index (κ1) is 18.4. The van der Waals surface area contributed by atoms with Gasteiger partial charge in [-0.2, -0.15) is 0 Å². The summed E-state index contributed by atoms with van der Waals surface area (Å²) in [5.74, 6) is 2.72. The number of hydrogen-bond donors (Lipinski definition) is 1. The van der Waals surface area contributed by atoms with Gasteiger partial charge in [-0.15, -0.1) is 0 Å². The standard InChI is InChI=1S/C25H38O2/c1-15(2)18-8-9-23(4)10-11-24(5)13-19-16(3)12-25(26)21(19)17(14-27-25)6-7-20(24)22(18)23/h6,16,18-22,26H,1,7-14H2,2-5H3/t16-,18+,19-,20-,21-,22+,23-,24+,25+/m0/s1. The van der Waals surface area contributed by atoms with Crippen molar-refractivity contribution in [2.75, 3.05) is 6.61 Å². The lowest BCUT2D eigenvalue weighted by Crippen LogP contribution is -2.48. The Balaban J connectivity index is 1.57. The number of rotatable bonds is 1. The molecule has 0 bridgehead atoms. The van der Waals surface area contributed by atoms with Gasteiger partial charge >= 0.3 is 0 Å². The predicted octanol–water partition coefficient (Wildman–Crippen LogP) is 5.72. The maximum Gasteiger partial charge on any atom is 0.173 e. The van der Waals surface area contributed by atoms with E-state index >= 15 is 0 Å². The zero-order valence-corrected chi connectivity index (χ0v) is 17.8. The van der Waals surface area contributed by atoms with E-state index in [-0.39, 0.29) is 5.92 Å². The van der Waals surface area contributed by atoms with Crippen LogP contribution in [0.15, 0.2) is 23.8 Å². The fraction of sp³-hybridized carbons (Fsp3) is 0.840. The van der Waals surface area contributed by atoms with Gasteiger partial charge in [-0.25, -0.2) is 0 Å². The Morgan fingerprint density at radius 2 is 1.93 bits per heavy atom. The average molecular weight is 371 g/mol. The van der Waals surface area contributed by atoms with Crippen LogP contribution >= 0.6 is 0 Å². The molecule has 0 aromatic heterocycles. The lowest BCUT2D eigenvalue weighted by molar-refractivity contribution is -0.187. The summed E-state index contributed by atoms with van der Waals surface area (Å²) in [6.45, 7) is 14.8. The molecule has 1 N–H and O–H groups in total. The lowest BCUT2D eigenvalue weighted by Gasteiger charge is -2.56. The molecule has 0 radical (unpaired) electrons. The van der Waals surface area contributed by atoms with Crippen LogP contribution in [0, 0.1) is 46.3 Å². The second-order valence-corrected chi connectivity index (χ2v) is 11.6. The molecule has 4 fully saturated rings. The second-order valence-electron chi connectivity index (χ2n) is 11.6. The second kappa shape index (κ2) is 5.72. The third-order valence-electron chi connectivity index (χ3n) is 9.98. The van der Waals surface area contributed by atoms with Gasteiger partial charge in [-0.1, -0.05) is 39.0 Å². The molecule has 1 heterocycles. The number of hydrogen-bond acceptors (Lipinski definition) is 2. The highest BCUT2D eigenvalue weighted by atomic mass is 16.6. The lowest BCUT2D eigenvalue weighted by atomic mass is 9.49. The van der Waals surface area contributed by atoms with E-state index in [9.17, 15) is 5.11 Å². The van der Waals surface area contributed by atoms with E-state index < -0.39 is 5.79 Å². The van der Waals surface area contributed by atoms with E-state index in [1.165, 1.54) is 49.7 Å². The molecule has 5 aliphatic rings. The molecule has 0 spiro atoms. The average Bonchev–Trinajstić information content (AvgIpc) is 3.15. The molecular formula is C25H38O2. The minimum absolute atomic E-state index is 0.249. The highest BCUT2D eigenvalue weighted by molar-refractivity contribution is 5.25. The van der Waals surface area contributed by atoms with E-state index in [1.807, 2.05) is 0 Å². The minimum Gasteiger partial charge on any atom is -0.365 e. The highest BCUT2D eigenvalue weighted by Gasteiger charge is 2.62. The minimum atomic E-state index is -0.879. The smallest absolute Gasteiger partial charge is 0.173 e. The molecule has 2 nitrogen and oxygen atoms in total. The van der Waals surface area contributed by atoms with Crippen molar-refractivity contribution in [2.24, 2.45) is 46.3 Å². The molecule has 150 valence electrons. The summed E-state index contributed by atoms with van der Waals surface area (Å²) in [4.78, 5) is 0. The summed E-state index contributed by atoms with van der Waals surface area (Å²) in [5, 5.41) is 11.1. The highest BCUT2D eigenvalue weighted by Crippen LogP contribution is 2.67. The number of fused-ring (bicyclic) bond motifs is 3. The SMILES string of the molecule is C=C(C)[C@H]1CC[C@@]2(C)CC[C@]3(C)C[C@H]4[C@@H](C)C[C@@]5(O)OCC(=CC[C@H]3[C@@H]12)[C@@H]45. The number of aliphatic hydroxyl groups is 1. The van der Waals surface area contributed by atoms with E-state index in [2.05, 4.69) is 40.3 Å². The van der Waals surface area contributed by atoms with Crippen LogP contribution < -0.4 is 0 Å². The largest absolute Gasteiger partial charge is 0.365 e. The molecule has 9 atom stereocenters. The molecule has 0 amide bonds. The van der Waals surface area contributed by atoms with Gasteiger partial charge in [-0.3, -0.25) is 0 Å². The van der Waals surface area contributed by atoms with Crippen molar-refractivity contribution in [3.63, 3.8) is 0 Å². The summed E-state index contributed by atoms with van der Waals surface area (Å²) in [7, 11) is 0. The van der Waals surface area contributed by atoms with Crippen molar-refractivity contribution < 1.29 is 9.84 Å². The van der Waals surface area contributed by atoms with Gasteiger partial charge in [0.25, 0.3) is 0 Å². The number of ether oxygens (including phenoxy) is 1. The summed E-state index contributed by atoms with van der Waals surface area (Å²) in [6.07, 6.45) is 11.2. The van der Waals surface area contributed by atoms with Gasteiger partial charge in [0.15, 0.2) is 5.79 Å². The molecule has 5 rings (SSSR count). The van der Waals surface area contributed by atoms with Gasteiger partial charge in [-0.05, 0) is 91.4 Å². The van der Waals surface area contributed by atoms with E-state index in [4.69, 9.17) is 4.74 Å². The third-order valence-corrected chi connectivity index (χ3v) is 9.98. The van der Waals surface area contributed by atoms with Gasteiger partial charge in [0.2, 0.25) is 0 Å². The molecule has 27 heavy (non-hydrogen) atoms. The summed E-state index contributed by atoms with van der Waals surface area (Å²) in [6, 6.07) is 0. The summed E-state index contributed by atoms with van der Waals surface area (Å²) in [5.41, 5.74) is 3.70. The fourth-order valence-electron chi connectivity index (χ4n) is 8.54. The van der Waals surface area contributed by atoms with Crippen LogP contribution in [0.4, 0.5) is 0 Å². The van der Waals surface area contributed by atoms with Crippen molar-refractivity contribution in [2.45, 2.75) is 78.4 Å². The Labute approximate surface area is 165 Å². The maximum absolute atomic E-state index is 11.1. The monoisotopic (exact) mass is 370 g/mol. The predicted molar refractivity (Wildman–Crippen MR) is 109 cm³/mol. The summed E-state index contributed by atoms with van der Waals surface area (Å²) >= 11 is 0. The van der Waals surface area contributed by atoms with Crippen LogP contribution in [0.2, 0.25) is 0 Å². The fourth-order valence-corrected chi connectivity index (χ4v) is 8.54. The first-order valence-corrected chi connectivity index (χ1v) is 11.4. The van der Waals surface area contributed by atoms with Gasteiger partial charge in [0.05, 0.1) is 6.61 Å². The molecule has 2 heteroatoms. The first-order valence-electron chi connectivity index (χ1n) is 11.4. The first-order chi connectivity index (χ1) is 12.7. The van der Waals surface area contributed by atoms with Crippen LogP contribution in [0.25, 0.3) is 0 Å². The summed E-state index contributed by atoms with van der Waals surface area (Å²) < 4.78 is 5.99. The van der Waals surface area contributed by atoms with Crippen molar-refractivity contribution in [1.82, 2.24) is 0 Å². The Hall–Kier alpha value is -0.600. The Bertz CT molecular complexity index is 694. The molecule has 1 aliphatic heterocycles. The van der Waals surface area contributed by atoms with Crippen LogP contribution in [0.1, 0.15) is 72.6 Å². The Morgan fingerprint density at radius 3 is 2.67 bits per heavy atom. The normalized spacial score (nSPS) is 56.6. The third kappa shape index (κ3) is 2.45. The van der Waals surface area contributed by atoms with Gasteiger partial charge in [0.1, 0.15) is 0 Å². The van der Waals surface area contributed by atoms with E-state index in [0.717, 1.165) is 18.3 Å². The molecule has 1 saturated heterocycles. The molecule has 0 aromatic rings. The van der Waals surface area contributed by atoms with Crippen LogP contribution in [-0.4, -0.2) is 17.5 Å². The quantitative estimate of drug-likeness (QED) is 0.598. The van der Waals surface area contributed by atoms with Crippen molar-refractivity contribution in [3.05, 3.63) is 23.8 Å². The Kier molecular flexibility index (Phi) is 3.91. The Morgan fingerprint density at radius 1 is 1.19 bits per heavy atom. The van der Waals surface area contributed by atoms with Crippen molar-refractivity contribution in [3.8, 4) is 0 Å². The van der Waals surface area contributed by atoms with Crippen molar-refractivity contribution in [1.29, 1.82) is 0 Å². The number of allylic oxidation sites excluding steroid dienone is 2. The topological polar surface area (TPSA) is 29.5 Å². The van der Waals surface area contributed by atoms with Crippen molar-refractivity contribution >= 4 is 0 Å². The van der Waals surface area contributed by atoms with Gasteiger partial charge in [0, 0.05) is 12.3 Å². The van der Waals surface area contributed by atoms with Crippen LogP contribution in [-0.2, 0) is 4.74 Å². The maximum atomic E-state index is 11.1. The molecule has 0 unspecified atom stereocenters. The molecular weight excluding hydrogens is 332 g/mol. The molecule has 0 aromatic carbocycles. The van der Waals surface area contributed by atoms with Gasteiger partial charge < -0.3 is 9.84 Å².